The van der Waals surface area contributed by atoms with E-state index >= 15 is 0 Å². The molecule has 0 amide bonds. The third kappa shape index (κ3) is 4.58. The van der Waals surface area contributed by atoms with E-state index in [2.05, 4.69) is 9.32 Å². The monoisotopic (exact) mass is 382 g/mol. The highest BCUT2D eigenvalue weighted by Gasteiger charge is 2.35. The molecule has 23 heavy (non-hydrogen) atoms. The van der Waals surface area contributed by atoms with Crippen LogP contribution in [0.3, 0.4) is 0 Å². The summed E-state index contributed by atoms with van der Waals surface area (Å²) in [5, 5.41) is 0.333. The van der Waals surface area contributed by atoms with Crippen LogP contribution in [0.4, 0.5) is 0 Å². The van der Waals surface area contributed by atoms with Crippen molar-refractivity contribution in [2.75, 3.05) is 20.2 Å². The zero-order valence-corrected chi connectivity index (χ0v) is 15.2. The van der Waals surface area contributed by atoms with Crippen molar-refractivity contribution in [1.29, 1.82) is 0 Å². The molecule has 0 aliphatic carbocycles. The Labute approximate surface area is 145 Å². The Morgan fingerprint density at radius 1 is 1.52 bits per heavy atom. The number of nitrogens with two attached hydrogens (primary N) is 1. The summed E-state index contributed by atoms with van der Waals surface area (Å²) in [5.74, 6) is 4.78. The molecular formula is C13H19ClN2O5S2. The van der Waals surface area contributed by atoms with Crippen molar-refractivity contribution < 1.29 is 22.5 Å². The van der Waals surface area contributed by atoms with Crippen molar-refractivity contribution >= 4 is 33.7 Å². The lowest BCUT2D eigenvalue weighted by Gasteiger charge is -2.28. The molecule has 1 heterocycles. The lowest BCUT2D eigenvalue weighted by Crippen LogP contribution is -2.41. The Morgan fingerprint density at radius 2 is 2.26 bits per heavy atom. The molecule has 1 aromatic rings. The summed E-state index contributed by atoms with van der Waals surface area (Å²) in [6, 6.07) is 4.34. The van der Waals surface area contributed by atoms with Gasteiger partial charge in [-0.25, -0.2) is 8.42 Å². The van der Waals surface area contributed by atoms with Crippen LogP contribution >= 0.6 is 23.6 Å². The molecule has 1 fully saturated rings. The minimum Gasteiger partial charge on any atom is -0.374 e. The second-order valence-electron chi connectivity index (χ2n) is 5.50. The predicted molar refractivity (Wildman–Crippen MR) is 87.1 cm³/mol. The lowest BCUT2D eigenvalue weighted by atomic mass is 10.0. The molecule has 1 aromatic carbocycles. The van der Waals surface area contributed by atoms with E-state index in [9.17, 15) is 8.42 Å². The van der Waals surface area contributed by atoms with Crippen LogP contribution in [0.1, 0.15) is 19.8 Å². The summed E-state index contributed by atoms with van der Waals surface area (Å²) < 4.78 is 36.9. The van der Waals surface area contributed by atoms with E-state index in [1.807, 2.05) is 6.92 Å². The van der Waals surface area contributed by atoms with Crippen LogP contribution in [0.25, 0.3) is 0 Å². The van der Waals surface area contributed by atoms with Crippen molar-refractivity contribution in [2.24, 2.45) is 5.90 Å². The van der Waals surface area contributed by atoms with E-state index in [4.69, 9.17) is 22.2 Å². The number of halogens is 1. The average molecular weight is 383 g/mol. The normalized spacial score (nSPS) is 22.0. The van der Waals surface area contributed by atoms with Gasteiger partial charge in [0.1, 0.15) is 0 Å². The van der Waals surface area contributed by atoms with E-state index in [1.54, 1.807) is 0 Å². The van der Waals surface area contributed by atoms with Crippen molar-refractivity contribution in [3.63, 3.8) is 0 Å². The zero-order valence-electron chi connectivity index (χ0n) is 12.8. The third-order valence-electron chi connectivity index (χ3n) is 3.63. The van der Waals surface area contributed by atoms with Gasteiger partial charge < -0.3 is 4.74 Å². The second kappa shape index (κ2) is 7.66. The largest absolute Gasteiger partial charge is 0.374 e. The van der Waals surface area contributed by atoms with Gasteiger partial charge in [0, 0.05) is 20.2 Å². The molecule has 1 aliphatic rings. The van der Waals surface area contributed by atoms with Gasteiger partial charge in [-0.3, -0.25) is 0 Å². The van der Waals surface area contributed by atoms with E-state index in [0.717, 1.165) is 24.9 Å². The SMILES string of the molecule is CN(CC1(C)CCCO1)S(=O)(=O)c1ccc(Cl)c(SOON)c1. The fraction of sp³-hybridized carbons (Fsp3) is 0.538. The molecule has 1 aliphatic heterocycles. The molecule has 1 atom stereocenters. The summed E-state index contributed by atoms with van der Waals surface area (Å²) in [6.45, 7) is 2.85. The van der Waals surface area contributed by atoms with Crippen molar-refractivity contribution in [3.8, 4) is 0 Å². The highest BCUT2D eigenvalue weighted by molar-refractivity contribution is 7.94. The Kier molecular flexibility index (Phi) is 6.31. The number of rotatable bonds is 7. The Bertz CT molecular complexity index is 650. The van der Waals surface area contributed by atoms with Crippen LogP contribution in [0.2, 0.25) is 5.02 Å². The number of likely N-dealkylation sites (N-methyl/N-ethyl adjacent to an activating group) is 1. The van der Waals surface area contributed by atoms with Gasteiger partial charge in [0.05, 0.1) is 32.5 Å². The fourth-order valence-corrected chi connectivity index (χ4v) is 4.49. The lowest BCUT2D eigenvalue weighted by molar-refractivity contribution is -0.195. The first kappa shape index (κ1) is 18.9. The third-order valence-corrected chi connectivity index (χ3v) is 6.54. The van der Waals surface area contributed by atoms with Crippen LogP contribution in [0, 0.1) is 0 Å². The smallest absolute Gasteiger partial charge is 0.242 e. The van der Waals surface area contributed by atoms with Crippen LogP contribution < -0.4 is 5.90 Å². The van der Waals surface area contributed by atoms with E-state index < -0.39 is 15.6 Å². The van der Waals surface area contributed by atoms with E-state index in [1.165, 1.54) is 29.6 Å². The quantitative estimate of drug-likeness (QED) is 0.439. The molecule has 1 unspecified atom stereocenters. The van der Waals surface area contributed by atoms with Gasteiger partial charge >= 0.3 is 0 Å². The molecule has 10 heteroatoms. The molecule has 130 valence electrons. The summed E-state index contributed by atoms with van der Waals surface area (Å²) in [5.41, 5.74) is -0.456. The summed E-state index contributed by atoms with van der Waals surface area (Å²) in [4.78, 5) is 4.49. The van der Waals surface area contributed by atoms with Crippen LogP contribution in [0.15, 0.2) is 28.0 Å². The van der Waals surface area contributed by atoms with Crippen molar-refractivity contribution in [1.82, 2.24) is 4.31 Å². The molecule has 0 aromatic heterocycles. The highest BCUT2D eigenvalue weighted by atomic mass is 35.5. The molecule has 0 spiro atoms. The summed E-state index contributed by atoms with van der Waals surface area (Å²) in [7, 11) is -2.14. The molecule has 0 bridgehead atoms. The van der Waals surface area contributed by atoms with Gasteiger partial charge in [0.25, 0.3) is 0 Å². The number of nitrogens with zero attached hydrogens (tertiary/aromatic N) is 1. The first-order chi connectivity index (χ1) is 10.8. The van der Waals surface area contributed by atoms with Crippen LogP contribution in [0.5, 0.6) is 0 Å². The van der Waals surface area contributed by atoms with E-state index in [0.29, 0.717) is 16.5 Å². The maximum atomic E-state index is 12.7. The maximum absolute atomic E-state index is 12.7. The standard InChI is InChI=1S/C13H19ClN2O5S2/c1-13(6-3-7-19-13)9-16(2)23(17,18)10-4-5-11(14)12(8-10)22-21-20-15/h4-5,8H,3,6-7,9,15H2,1-2H3. The first-order valence-electron chi connectivity index (χ1n) is 6.88. The highest BCUT2D eigenvalue weighted by Crippen LogP contribution is 2.32. The molecule has 2 N–H and O–H groups in total. The number of ether oxygens (including phenoxy) is 1. The minimum atomic E-state index is -3.68. The number of benzene rings is 1. The van der Waals surface area contributed by atoms with Gasteiger partial charge in [-0.05, 0) is 38.0 Å². The fourth-order valence-electron chi connectivity index (χ4n) is 2.46. The summed E-state index contributed by atoms with van der Waals surface area (Å²) in [6.07, 6.45) is 1.76. The van der Waals surface area contributed by atoms with Crippen molar-refractivity contribution in [3.05, 3.63) is 23.2 Å². The molecule has 7 nitrogen and oxygen atoms in total. The molecule has 2 rings (SSSR count). The zero-order chi connectivity index (χ0) is 17.1. The minimum absolute atomic E-state index is 0.106. The van der Waals surface area contributed by atoms with Crippen molar-refractivity contribution in [2.45, 2.75) is 35.2 Å². The van der Waals surface area contributed by atoms with Gasteiger partial charge in [-0.1, -0.05) is 11.6 Å². The number of hydrogen-bond donors (Lipinski definition) is 1. The van der Waals surface area contributed by atoms with Crippen LogP contribution in [-0.2, 0) is 24.1 Å². The van der Waals surface area contributed by atoms with Gasteiger partial charge in [0.15, 0.2) is 0 Å². The average Bonchev–Trinajstić information content (AvgIpc) is 2.92. The molecular weight excluding hydrogens is 364 g/mol. The number of hydrogen-bond acceptors (Lipinski definition) is 7. The topological polar surface area (TPSA) is 91.1 Å². The van der Waals surface area contributed by atoms with Gasteiger partial charge in [0.2, 0.25) is 10.0 Å². The second-order valence-corrected chi connectivity index (χ2v) is 8.70. The molecule has 0 radical (unpaired) electrons. The Morgan fingerprint density at radius 3 is 2.87 bits per heavy atom. The Balaban J connectivity index is 2.21. The van der Waals surface area contributed by atoms with Crippen LogP contribution in [-0.4, -0.2) is 38.5 Å². The maximum Gasteiger partial charge on any atom is 0.242 e. The predicted octanol–water partition coefficient (Wildman–Crippen LogP) is 2.36. The summed E-state index contributed by atoms with van der Waals surface area (Å²) >= 11 is 6.73. The van der Waals surface area contributed by atoms with Gasteiger partial charge in [-0.15, -0.1) is 9.32 Å². The van der Waals surface area contributed by atoms with Gasteiger partial charge in [-0.2, -0.15) is 10.2 Å². The molecule has 1 saturated heterocycles. The first-order valence-corrected chi connectivity index (χ1v) is 9.44. The Hall–Kier alpha value is -0.390. The van der Waals surface area contributed by atoms with E-state index in [-0.39, 0.29) is 11.4 Å². The number of sulfonamides is 1. The molecule has 0 saturated carbocycles.